The molecule has 0 amide bonds. The van der Waals surface area contributed by atoms with Gasteiger partial charge >= 0.3 is 6.55 Å². The highest BCUT2D eigenvalue weighted by molar-refractivity contribution is 5.09. The molecule has 0 saturated heterocycles. The molecular formula is C13H19F2N5. The van der Waals surface area contributed by atoms with Gasteiger partial charge in [0.05, 0.1) is 17.1 Å². The van der Waals surface area contributed by atoms with Crippen LogP contribution in [0.15, 0.2) is 18.3 Å². The second-order valence-corrected chi connectivity index (χ2v) is 4.67. The van der Waals surface area contributed by atoms with Crippen molar-refractivity contribution in [3.05, 3.63) is 35.4 Å². The first-order valence-electron chi connectivity index (χ1n) is 6.66. The second kappa shape index (κ2) is 6.60. The van der Waals surface area contributed by atoms with E-state index in [9.17, 15) is 8.78 Å². The fourth-order valence-corrected chi connectivity index (χ4v) is 2.05. The summed E-state index contributed by atoms with van der Waals surface area (Å²) < 4.78 is 27.4. The number of halogens is 2. The molecule has 0 bridgehead atoms. The van der Waals surface area contributed by atoms with Crippen molar-refractivity contribution >= 4 is 0 Å². The minimum absolute atomic E-state index is 0.454. The number of rotatable bonds is 7. The monoisotopic (exact) mass is 283 g/mol. The molecule has 2 heterocycles. The van der Waals surface area contributed by atoms with Crippen molar-refractivity contribution in [2.45, 2.75) is 46.5 Å². The summed E-state index contributed by atoms with van der Waals surface area (Å²) in [5, 5.41) is 11.4. The van der Waals surface area contributed by atoms with E-state index < -0.39 is 6.55 Å². The lowest BCUT2D eigenvalue weighted by Crippen LogP contribution is -2.17. The van der Waals surface area contributed by atoms with Crippen LogP contribution >= 0.6 is 0 Å². The van der Waals surface area contributed by atoms with Gasteiger partial charge in [0, 0.05) is 25.8 Å². The Bertz CT molecular complexity index is 547. The van der Waals surface area contributed by atoms with Crippen LogP contribution in [0.5, 0.6) is 0 Å². The zero-order valence-corrected chi connectivity index (χ0v) is 11.7. The van der Waals surface area contributed by atoms with E-state index >= 15 is 0 Å². The Morgan fingerprint density at radius 1 is 1.30 bits per heavy atom. The molecule has 2 rings (SSSR count). The molecule has 1 N–H and O–H groups in total. The summed E-state index contributed by atoms with van der Waals surface area (Å²) in [6.07, 6.45) is 2.31. The minimum atomic E-state index is -2.59. The Kier molecular flexibility index (Phi) is 4.84. The van der Waals surface area contributed by atoms with Crippen molar-refractivity contribution in [1.82, 2.24) is 24.9 Å². The lowest BCUT2D eigenvalue weighted by atomic mass is 10.3. The second-order valence-electron chi connectivity index (χ2n) is 4.67. The molecular weight excluding hydrogens is 264 g/mol. The molecule has 0 radical (unpaired) electrons. The van der Waals surface area contributed by atoms with Crippen molar-refractivity contribution in [2.75, 3.05) is 0 Å². The third-order valence-corrected chi connectivity index (χ3v) is 2.90. The maximum atomic E-state index is 12.4. The maximum Gasteiger partial charge on any atom is 0.333 e. The molecule has 0 aliphatic carbocycles. The summed E-state index contributed by atoms with van der Waals surface area (Å²) in [5.41, 5.74) is 2.68. The van der Waals surface area contributed by atoms with Gasteiger partial charge in [-0.3, -0.25) is 4.68 Å². The van der Waals surface area contributed by atoms with E-state index in [1.54, 1.807) is 6.07 Å². The number of nitrogens with zero attached hydrogens (tertiary/aromatic N) is 4. The molecule has 5 nitrogen and oxygen atoms in total. The van der Waals surface area contributed by atoms with E-state index in [1.165, 1.54) is 6.20 Å². The Hall–Kier alpha value is -1.76. The lowest BCUT2D eigenvalue weighted by molar-refractivity contribution is 0.0561. The van der Waals surface area contributed by atoms with E-state index in [4.69, 9.17) is 0 Å². The largest absolute Gasteiger partial charge is 0.333 e. The summed E-state index contributed by atoms with van der Waals surface area (Å²) in [5.74, 6) is 0. The van der Waals surface area contributed by atoms with E-state index in [-0.39, 0.29) is 0 Å². The van der Waals surface area contributed by atoms with Crippen molar-refractivity contribution in [2.24, 2.45) is 0 Å². The minimum Gasteiger partial charge on any atom is -0.305 e. The topological polar surface area (TPSA) is 47.7 Å². The summed E-state index contributed by atoms with van der Waals surface area (Å²) in [4.78, 5) is 0. The molecule has 0 aliphatic heterocycles. The Morgan fingerprint density at radius 2 is 2.10 bits per heavy atom. The highest BCUT2D eigenvalue weighted by Gasteiger charge is 2.08. The van der Waals surface area contributed by atoms with Gasteiger partial charge in [-0.2, -0.15) is 19.0 Å². The van der Waals surface area contributed by atoms with Crippen LogP contribution in [0.25, 0.3) is 0 Å². The number of nitrogens with one attached hydrogen (secondary N) is 1. The Morgan fingerprint density at radius 3 is 2.75 bits per heavy atom. The number of aromatic nitrogens is 4. The molecule has 0 atom stereocenters. The maximum absolute atomic E-state index is 12.4. The summed E-state index contributed by atoms with van der Waals surface area (Å²) in [6.45, 7) is 3.45. The predicted molar refractivity (Wildman–Crippen MR) is 71.3 cm³/mol. The van der Waals surface area contributed by atoms with Crippen molar-refractivity contribution in [3.8, 4) is 0 Å². The van der Waals surface area contributed by atoms with Gasteiger partial charge in [0.2, 0.25) is 0 Å². The highest BCUT2D eigenvalue weighted by atomic mass is 19.3. The summed E-state index contributed by atoms with van der Waals surface area (Å²) in [7, 11) is 0. The molecule has 0 aromatic carbocycles. The molecule has 0 unspecified atom stereocenters. The summed E-state index contributed by atoms with van der Waals surface area (Å²) in [6, 6.07) is 3.62. The molecule has 2 aromatic heterocycles. The number of hydrogen-bond donors (Lipinski definition) is 1. The third kappa shape index (κ3) is 3.63. The SMILES string of the molecule is CCCn1nc(C)cc1CNCc1ccn(C(F)F)n1. The third-order valence-electron chi connectivity index (χ3n) is 2.90. The van der Waals surface area contributed by atoms with E-state index in [2.05, 4.69) is 22.4 Å². The van der Waals surface area contributed by atoms with Gasteiger partial charge in [-0.05, 0) is 25.5 Å². The van der Waals surface area contributed by atoms with Gasteiger partial charge in [-0.15, -0.1) is 0 Å². The first-order chi connectivity index (χ1) is 9.60. The average molecular weight is 283 g/mol. The zero-order chi connectivity index (χ0) is 14.5. The van der Waals surface area contributed by atoms with E-state index in [0.717, 1.165) is 24.4 Å². The molecule has 0 fully saturated rings. The van der Waals surface area contributed by atoms with Crippen LogP contribution in [-0.2, 0) is 19.6 Å². The van der Waals surface area contributed by atoms with E-state index in [1.807, 2.05) is 17.7 Å². The summed E-state index contributed by atoms with van der Waals surface area (Å²) >= 11 is 0. The van der Waals surface area contributed by atoms with Gasteiger partial charge in [0.25, 0.3) is 0 Å². The van der Waals surface area contributed by atoms with Crippen LogP contribution < -0.4 is 5.32 Å². The van der Waals surface area contributed by atoms with Crippen LogP contribution in [0, 0.1) is 6.92 Å². The van der Waals surface area contributed by atoms with Gasteiger partial charge in [-0.1, -0.05) is 6.92 Å². The molecule has 0 aliphatic rings. The van der Waals surface area contributed by atoms with Crippen LogP contribution in [-0.4, -0.2) is 19.6 Å². The van der Waals surface area contributed by atoms with Crippen LogP contribution in [0.2, 0.25) is 0 Å². The quantitative estimate of drug-likeness (QED) is 0.849. The number of aryl methyl sites for hydroxylation is 2. The van der Waals surface area contributed by atoms with Crippen LogP contribution in [0.4, 0.5) is 8.78 Å². The molecule has 20 heavy (non-hydrogen) atoms. The average Bonchev–Trinajstić information content (AvgIpc) is 2.98. The normalized spacial score (nSPS) is 11.4. The molecule has 7 heteroatoms. The van der Waals surface area contributed by atoms with Crippen LogP contribution in [0.1, 0.15) is 37.0 Å². The Balaban J connectivity index is 1.88. The zero-order valence-electron chi connectivity index (χ0n) is 11.7. The van der Waals surface area contributed by atoms with E-state index in [0.29, 0.717) is 23.5 Å². The highest BCUT2D eigenvalue weighted by Crippen LogP contribution is 2.09. The van der Waals surface area contributed by atoms with Crippen LogP contribution in [0.3, 0.4) is 0 Å². The number of hydrogen-bond acceptors (Lipinski definition) is 3. The molecule has 0 spiro atoms. The predicted octanol–water partition coefficient (Wildman–Crippen LogP) is 2.48. The smallest absolute Gasteiger partial charge is 0.305 e. The first-order valence-corrected chi connectivity index (χ1v) is 6.66. The lowest BCUT2D eigenvalue weighted by Gasteiger charge is -2.06. The van der Waals surface area contributed by atoms with Crippen molar-refractivity contribution < 1.29 is 8.78 Å². The van der Waals surface area contributed by atoms with Crippen molar-refractivity contribution in [1.29, 1.82) is 0 Å². The van der Waals surface area contributed by atoms with Gasteiger partial charge in [0.15, 0.2) is 0 Å². The standard InChI is InChI=1S/C13H19F2N5/c1-3-5-19-12(7-10(2)17-19)9-16-8-11-4-6-20(18-11)13(14)15/h4,6-7,13,16H,3,5,8-9H2,1-2H3. The Labute approximate surface area is 116 Å². The molecule has 2 aromatic rings. The fraction of sp³-hybridized carbons (Fsp3) is 0.538. The van der Waals surface area contributed by atoms with Gasteiger partial charge in [-0.25, -0.2) is 4.68 Å². The van der Waals surface area contributed by atoms with Gasteiger partial charge in [0.1, 0.15) is 0 Å². The van der Waals surface area contributed by atoms with Gasteiger partial charge < -0.3 is 5.32 Å². The number of alkyl halides is 2. The van der Waals surface area contributed by atoms with Crippen molar-refractivity contribution in [3.63, 3.8) is 0 Å². The molecule has 110 valence electrons. The molecule has 0 saturated carbocycles. The fourth-order valence-electron chi connectivity index (χ4n) is 2.05. The first kappa shape index (κ1) is 14.6.